The first-order valence-electron chi connectivity index (χ1n) is 10.4. The molecule has 6 heteroatoms. The van der Waals surface area contributed by atoms with Crippen LogP contribution in [0.3, 0.4) is 0 Å². The number of nitrogens with zero attached hydrogens (tertiary/aromatic N) is 2. The Labute approximate surface area is 181 Å². The van der Waals surface area contributed by atoms with Crippen molar-refractivity contribution in [2.45, 2.75) is 30.9 Å². The molecule has 5 rings (SSSR count). The zero-order valence-corrected chi connectivity index (χ0v) is 17.6. The number of likely N-dealkylation sites (N-methyl/N-ethyl adjacent to an activating group) is 1. The minimum Gasteiger partial charge on any atom is -0.466 e. The van der Waals surface area contributed by atoms with Crippen LogP contribution in [0.5, 0.6) is 5.88 Å². The van der Waals surface area contributed by atoms with Gasteiger partial charge < -0.3 is 20.5 Å². The SMILES string of the molecule is CN1C(=O)COc2nc(-c3ccc([C@]4(N)C[C@@](C)(O)C4)cc3)c(-c3ccccc3)cc21. The summed E-state index contributed by atoms with van der Waals surface area (Å²) in [4.78, 5) is 18.5. The number of aliphatic hydroxyl groups is 1. The average Bonchev–Trinajstić information content (AvgIpc) is 2.75. The first-order valence-corrected chi connectivity index (χ1v) is 10.4. The molecule has 1 fully saturated rings. The first kappa shape index (κ1) is 19.7. The van der Waals surface area contributed by atoms with Gasteiger partial charge in [-0.05, 0) is 37.0 Å². The van der Waals surface area contributed by atoms with Crippen LogP contribution in [-0.2, 0) is 10.3 Å². The highest BCUT2D eigenvalue weighted by Crippen LogP contribution is 2.47. The number of carbonyl (C=O) groups is 1. The number of benzene rings is 2. The molecule has 0 bridgehead atoms. The van der Waals surface area contributed by atoms with Crippen LogP contribution in [0.25, 0.3) is 22.4 Å². The van der Waals surface area contributed by atoms with Gasteiger partial charge in [0.2, 0.25) is 5.88 Å². The van der Waals surface area contributed by atoms with Crippen molar-refractivity contribution in [3.8, 4) is 28.3 Å². The van der Waals surface area contributed by atoms with Crippen LogP contribution in [0.4, 0.5) is 5.69 Å². The van der Waals surface area contributed by atoms with Crippen LogP contribution in [0, 0.1) is 0 Å². The summed E-state index contributed by atoms with van der Waals surface area (Å²) >= 11 is 0. The number of anilines is 1. The molecule has 2 aliphatic rings. The smallest absolute Gasteiger partial charge is 0.264 e. The Morgan fingerprint density at radius 2 is 1.74 bits per heavy atom. The molecular formula is C25H25N3O3. The van der Waals surface area contributed by atoms with Gasteiger partial charge >= 0.3 is 0 Å². The van der Waals surface area contributed by atoms with Crippen molar-refractivity contribution in [2.75, 3.05) is 18.6 Å². The predicted molar refractivity (Wildman–Crippen MR) is 120 cm³/mol. The van der Waals surface area contributed by atoms with E-state index in [0.717, 1.165) is 27.9 Å². The van der Waals surface area contributed by atoms with Crippen molar-refractivity contribution < 1.29 is 14.6 Å². The van der Waals surface area contributed by atoms with Crippen LogP contribution in [0.2, 0.25) is 0 Å². The van der Waals surface area contributed by atoms with E-state index in [0.29, 0.717) is 24.4 Å². The summed E-state index contributed by atoms with van der Waals surface area (Å²) in [6, 6.07) is 20.0. The monoisotopic (exact) mass is 415 g/mol. The van der Waals surface area contributed by atoms with Gasteiger partial charge in [-0.1, -0.05) is 54.6 Å². The van der Waals surface area contributed by atoms with Gasteiger partial charge in [0.25, 0.3) is 5.91 Å². The molecule has 158 valence electrons. The van der Waals surface area contributed by atoms with E-state index in [1.165, 1.54) is 0 Å². The molecule has 3 aromatic rings. The third-order valence-electron chi connectivity index (χ3n) is 6.25. The van der Waals surface area contributed by atoms with Crippen molar-refractivity contribution in [1.29, 1.82) is 0 Å². The van der Waals surface area contributed by atoms with Crippen LogP contribution < -0.4 is 15.4 Å². The van der Waals surface area contributed by atoms with Crippen molar-refractivity contribution in [1.82, 2.24) is 4.98 Å². The molecule has 6 nitrogen and oxygen atoms in total. The summed E-state index contributed by atoms with van der Waals surface area (Å²) in [6.45, 7) is 1.80. The topological polar surface area (TPSA) is 88.7 Å². The van der Waals surface area contributed by atoms with E-state index in [9.17, 15) is 9.90 Å². The maximum Gasteiger partial charge on any atom is 0.264 e. The number of hydrogen-bond donors (Lipinski definition) is 2. The standard InChI is InChI=1S/C25H25N3O3/c1-24(30)14-25(26,15-24)18-10-8-17(9-11-18)22-19(16-6-4-3-5-7-16)12-20-23(27-22)31-13-21(29)28(20)2/h3-12,30H,13-15,26H2,1-2H3/t24-,25+. The summed E-state index contributed by atoms with van der Waals surface area (Å²) in [5.41, 5.74) is 10.6. The van der Waals surface area contributed by atoms with Gasteiger partial charge in [0.15, 0.2) is 6.61 Å². The Morgan fingerprint density at radius 1 is 1.06 bits per heavy atom. The number of pyridine rings is 1. The molecule has 0 unspecified atom stereocenters. The number of rotatable bonds is 3. The van der Waals surface area contributed by atoms with Crippen LogP contribution >= 0.6 is 0 Å². The number of hydrogen-bond acceptors (Lipinski definition) is 5. The Hall–Kier alpha value is -3.22. The fourth-order valence-electron chi connectivity index (χ4n) is 4.72. The fourth-order valence-corrected chi connectivity index (χ4v) is 4.72. The molecule has 1 amide bonds. The van der Waals surface area contributed by atoms with Gasteiger partial charge in [0.1, 0.15) is 5.69 Å². The van der Waals surface area contributed by atoms with E-state index in [1.54, 1.807) is 11.9 Å². The lowest BCUT2D eigenvalue weighted by atomic mass is 9.63. The molecule has 1 aromatic heterocycles. The van der Waals surface area contributed by atoms with Gasteiger partial charge in [0.05, 0.1) is 11.3 Å². The molecule has 2 aromatic carbocycles. The lowest BCUT2D eigenvalue weighted by Crippen LogP contribution is -2.58. The van der Waals surface area contributed by atoms with Gasteiger partial charge in [0, 0.05) is 23.7 Å². The van der Waals surface area contributed by atoms with Crippen LogP contribution in [0.15, 0.2) is 60.7 Å². The highest BCUT2D eigenvalue weighted by Gasteiger charge is 2.49. The number of aromatic nitrogens is 1. The van der Waals surface area contributed by atoms with E-state index in [4.69, 9.17) is 15.5 Å². The summed E-state index contributed by atoms with van der Waals surface area (Å²) < 4.78 is 5.64. The van der Waals surface area contributed by atoms with Crippen molar-refractivity contribution in [3.63, 3.8) is 0 Å². The quantitative estimate of drug-likeness (QED) is 0.684. The Bertz CT molecular complexity index is 1150. The van der Waals surface area contributed by atoms with Gasteiger partial charge in [-0.3, -0.25) is 4.79 Å². The van der Waals surface area contributed by atoms with Crippen molar-refractivity contribution >= 4 is 11.6 Å². The minimum absolute atomic E-state index is 0.0187. The number of ether oxygens (including phenoxy) is 1. The van der Waals surface area contributed by atoms with E-state index >= 15 is 0 Å². The second-order valence-corrected chi connectivity index (χ2v) is 8.90. The summed E-state index contributed by atoms with van der Waals surface area (Å²) in [5, 5.41) is 10.1. The molecule has 1 saturated carbocycles. The normalized spacial score (nSPS) is 24.9. The summed E-state index contributed by atoms with van der Waals surface area (Å²) in [7, 11) is 1.74. The molecule has 3 N–H and O–H groups in total. The second-order valence-electron chi connectivity index (χ2n) is 8.90. The molecule has 2 heterocycles. The van der Waals surface area contributed by atoms with Crippen molar-refractivity contribution in [2.24, 2.45) is 5.73 Å². The highest BCUT2D eigenvalue weighted by molar-refractivity contribution is 5.98. The van der Waals surface area contributed by atoms with Crippen LogP contribution in [-0.4, -0.2) is 35.3 Å². The van der Waals surface area contributed by atoms with E-state index in [1.807, 2.05) is 67.6 Å². The number of amides is 1. The first-order chi connectivity index (χ1) is 14.8. The summed E-state index contributed by atoms with van der Waals surface area (Å²) in [6.07, 6.45) is 1.08. The molecular weight excluding hydrogens is 390 g/mol. The Balaban J connectivity index is 1.59. The van der Waals surface area contributed by atoms with Gasteiger partial charge in [-0.2, -0.15) is 0 Å². The molecule has 0 radical (unpaired) electrons. The maximum atomic E-state index is 12.1. The average molecular weight is 415 g/mol. The molecule has 31 heavy (non-hydrogen) atoms. The van der Waals surface area contributed by atoms with Crippen LogP contribution in [0.1, 0.15) is 25.3 Å². The van der Waals surface area contributed by atoms with E-state index in [2.05, 4.69) is 0 Å². The number of nitrogens with two attached hydrogens (primary N) is 1. The third-order valence-corrected chi connectivity index (χ3v) is 6.25. The zero-order chi connectivity index (χ0) is 21.8. The number of fused-ring (bicyclic) bond motifs is 1. The minimum atomic E-state index is -0.700. The maximum absolute atomic E-state index is 12.1. The molecule has 0 atom stereocenters. The van der Waals surface area contributed by atoms with Gasteiger partial charge in [-0.15, -0.1) is 0 Å². The summed E-state index contributed by atoms with van der Waals surface area (Å²) in [5.74, 6) is 0.348. The van der Waals surface area contributed by atoms with E-state index in [-0.39, 0.29) is 12.5 Å². The zero-order valence-electron chi connectivity index (χ0n) is 17.6. The predicted octanol–water partition coefficient (Wildman–Crippen LogP) is 3.47. The molecule has 0 saturated heterocycles. The molecule has 0 spiro atoms. The second kappa shape index (κ2) is 6.90. The van der Waals surface area contributed by atoms with Gasteiger partial charge in [-0.25, -0.2) is 4.98 Å². The number of carbonyl (C=O) groups excluding carboxylic acids is 1. The lowest BCUT2D eigenvalue weighted by molar-refractivity contribution is -0.121. The Morgan fingerprint density at radius 3 is 2.39 bits per heavy atom. The highest BCUT2D eigenvalue weighted by atomic mass is 16.5. The van der Waals surface area contributed by atoms with Crippen molar-refractivity contribution in [3.05, 3.63) is 66.2 Å². The van der Waals surface area contributed by atoms with E-state index < -0.39 is 11.1 Å². The lowest BCUT2D eigenvalue weighted by Gasteiger charge is -2.49. The largest absolute Gasteiger partial charge is 0.466 e. The fraction of sp³-hybridized carbons (Fsp3) is 0.280. The molecule has 1 aliphatic heterocycles. The Kier molecular flexibility index (Phi) is 4.39. The third kappa shape index (κ3) is 3.38. The molecule has 1 aliphatic carbocycles.